The second kappa shape index (κ2) is 5.00. The largest absolute Gasteiger partial charge is 0.294 e. The predicted molar refractivity (Wildman–Crippen MR) is 66.3 cm³/mol. The van der Waals surface area contributed by atoms with Crippen LogP contribution in [0.15, 0.2) is 23.2 Å². The number of hydrogen-bond donors (Lipinski definition) is 0. The third-order valence-electron chi connectivity index (χ3n) is 2.63. The van der Waals surface area contributed by atoms with Crippen molar-refractivity contribution in [2.24, 2.45) is 4.99 Å². The van der Waals surface area contributed by atoms with Crippen molar-refractivity contribution in [3.63, 3.8) is 0 Å². The Morgan fingerprint density at radius 1 is 1.20 bits per heavy atom. The quantitative estimate of drug-likeness (QED) is 0.738. The van der Waals surface area contributed by atoms with E-state index in [0.29, 0.717) is 10.0 Å². The van der Waals surface area contributed by atoms with E-state index in [4.69, 9.17) is 23.2 Å². The SMILES string of the molecule is Clc1cccc(CC2=NCCCC2)c1Cl. The first-order valence-electron chi connectivity index (χ1n) is 5.22. The minimum Gasteiger partial charge on any atom is -0.294 e. The number of halogens is 2. The first-order chi connectivity index (χ1) is 7.27. The average Bonchev–Trinajstić information content (AvgIpc) is 2.26. The third kappa shape index (κ3) is 2.73. The Morgan fingerprint density at radius 2 is 2.07 bits per heavy atom. The van der Waals surface area contributed by atoms with Crippen LogP contribution >= 0.6 is 23.2 Å². The van der Waals surface area contributed by atoms with Crippen molar-refractivity contribution in [2.45, 2.75) is 25.7 Å². The molecular formula is C12H13Cl2N. The maximum absolute atomic E-state index is 6.13. The second-order valence-electron chi connectivity index (χ2n) is 3.79. The molecule has 1 aromatic carbocycles. The summed E-state index contributed by atoms with van der Waals surface area (Å²) in [6.45, 7) is 0.966. The Morgan fingerprint density at radius 3 is 2.80 bits per heavy atom. The zero-order valence-electron chi connectivity index (χ0n) is 8.47. The summed E-state index contributed by atoms with van der Waals surface area (Å²) < 4.78 is 0. The van der Waals surface area contributed by atoms with E-state index in [2.05, 4.69) is 4.99 Å². The average molecular weight is 242 g/mol. The number of hydrogen-bond acceptors (Lipinski definition) is 1. The van der Waals surface area contributed by atoms with Crippen LogP contribution in [0.2, 0.25) is 10.0 Å². The molecule has 1 aromatic rings. The van der Waals surface area contributed by atoms with Gasteiger partial charge in [0.15, 0.2) is 0 Å². The molecule has 0 unspecified atom stereocenters. The van der Waals surface area contributed by atoms with Crippen molar-refractivity contribution >= 4 is 28.9 Å². The maximum atomic E-state index is 6.13. The number of benzene rings is 1. The lowest BCUT2D eigenvalue weighted by Gasteiger charge is -2.12. The van der Waals surface area contributed by atoms with E-state index in [0.717, 1.165) is 24.9 Å². The molecule has 0 aromatic heterocycles. The van der Waals surface area contributed by atoms with Gasteiger partial charge in [0.05, 0.1) is 10.0 Å². The molecule has 0 amide bonds. The van der Waals surface area contributed by atoms with E-state index < -0.39 is 0 Å². The van der Waals surface area contributed by atoms with E-state index >= 15 is 0 Å². The summed E-state index contributed by atoms with van der Waals surface area (Å²) in [6.07, 6.45) is 4.41. The van der Waals surface area contributed by atoms with E-state index in [1.807, 2.05) is 18.2 Å². The molecule has 0 aliphatic carbocycles. The van der Waals surface area contributed by atoms with Gasteiger partial charge in [-0.15, -0.1) is 0 Å². The van der Waals surface area contributed by atoms with Crippen LogP contribution in [0, 0.1) is 0 Å². The molecular weight excluding hydrogens is 229 g/mol. The van der Waals surface area contributed by atoms with Crippen LogP contribution in [0.25, 0.3) is 0 Å². The van der Waals surface area contributed by atoms with Gasteiger partial charge in [0.1, 0.15) is 0 Å². The Hall–Kier alpha value is -0.530. The van der Waals surface area contributed by atoms with Crippen molar-refractivity contribution < 1.29 is 0 Å². The van der Waals surface area contributed by atoms with Crippen molar-refractivity contribution in [3.05, 3.63) is 33.8 Å². The summed E-state index contributed by atoms with van der Waals surface area (Å²) in [5.41, 5.74) is 2.34. The van der Waals surface area contributed by atoms with Crippen LogP contribution < -0.4 is 0 Å². The van der Waals surface area contributed by atoms with Crippen molar-refractivity contribution in [1.29, 1.82) is 0 Å². The van der Waals surface area contributed by atoms with Gasteiger partial charge in [-0.25, -0.2) is 0 Å². The minimum atomic E-state index is 0.630. The van der Waals surface area contributed by atoms with Gasteiger partial charge in [0.2, 0.25) is 0 Å². The molecule has 80 valence electrons. The zero-order valence-corrected chi connectivity index (χ0v) is 9.98. The summed E-state index contributed by atoms with van der Waals surface area (Å²) >= 11 is 12.1. The smallest absolute Gasteiger partial charge is 0.0628 e. The third-order valence-corrected chi connectivity index (χ3v) is 3.49. The fourth-order valence-corrected chi connectivity index (χ4v) is 2.19. The van der Waals surface area contributed by atoms with Crippen molar-refractivity contribution in [2.75, 3.05) is 6.54 Å². The van der Waals surface area contributed by atoms with Crippen molar-refractivity contribution in [1.82, 2.24) is 0 Å². The fraction of sp³-hybridized carbons (Fsp3) is 0.417. The summed E-state index contributed by atoms with van der Waals surface area (Å²) in [7, 11) is 0. The highest BCUT2D eigenvalue weighted by Crippen LogP contribution is 2.26. The van der Waals surface area contributed by atoms with E-state index in [1.165, 1.54) is 18.6 Å². The predicted octanol–water partition coefficient (Wildman–Crippen LogP) is 4.16. The molecule has 3 heteroatoms. The lowest BCUT2D eigenvalue weighted by atomic mass is 10.0. The molecule has 0 saturated carbocycles. The Bertz CT molecular complexity index is 385. The first kappa shape index (κ1) is 11.0. The van der Waals surface area contributed by atoms with Gasteiger partial charge in [-0.3, -0.25) is 4.99 Å². The monoisotopic (exact) mass is 241 g/mol. The van der Waals surface area contributed by atoms with Gasteiger partial charge in [0.25, 0.3) is 0 Å². The molecule has 1 aliphatic rings. The van der Waals surface area contributed by atoms with Gasteiger partial charge in [-0.05, 0) is 30.9 Å². The molecule has 15 heavy (non-hydrogen) atoms. The summed E-state index contributed by atoms with van der Waals surface area (Å²) in [5, 5.41) is 1.30. The van der Waals surface area contributed by atoms with Crippen LogP contribution in [0.3, 0.4) is 0 Å². The molecule has 0 fully saturated rings. The summed E-state index contributed by atoms with van der Waals surface area (Å²) in [5.74, 6) is 0. The lowest BCUT2D eigenvalue weighted by molar-refractivity contribution is 0.730. The highest BCUT2D eigenvalue weighted by atomic mass is 35.5. The number of rotatable bonds is 2. The molecule has 0 N–H and O–H groups in total. The van der Waals surface area contributed by atoms with Crippen LogP contribution in [0.1, 0.15) is 24.8 Å². The molecule has 0 bridgehead atoms. The van der Waals surface area contributed by atoms with E-state index in [9.17, 15) is 0 Å². The van der Waals surface area contributed by atoms with Crippen molar-refractivity contribution in [3.8, 4) is 0 Å². The van der Waals surface area contributed by atoms with E-state index in [-0.39, 0.29) is 0 Å². The Labute approximate surface area is 100 Å². The molecule has 0 radical (unpaired) electrons. The van der Waals surface area contributed by atoms with E-state index in [1.54, 1.807) is 0 Å². The fourth-order valence-electron chi connectivity index (χ4n) is 1.81. The summed E-state index contributed by atoms with van der Waals surface area (Å²) in [4.78, 5) is 4.51. The minimum absolute atomic E-state index is 0.630. The molecule has 1 nitrogen and oxygen atoms in total. The Balaban J connectivity index is 2.16. The molecule has 0 spiro atoms. The molecule has 0 saturated heterocycles. The van der Waals surface area contributed by atoms with Crippen LogP contribution in [-0.2, 0) is 6.42 Å². The van der Waals surface area contributed by atoms with Gasteiger partial charge in [-0.1, -0.05) is 35.3 Å². The van der Waals surface area contributed by atoms with Crippen LogP contribution in [-0.4, -0.2) is 12.3 Å². The van der Waals surface area contributed by atoms with Gasteiger partial charge < -0.3 is 0 Å². The van der Waals surface area contributed by atoms with Gasteiger partial charge in [0, 0.05) is 18.7 Å². The normalized spacial score (nSPS) is 16.3. The maximum Gasteiger partial charge on any atom is 0.0628 e. The highest BCUT2D eigenvalue weighted by molar-refractivity contribution is 6.42. The summed E-state index contributed by atoms with van der Waals surface area (Å²) in [6, 6.07) is 5.77. The van der Waals surface area contributed by atoms with Gasteiger partial charge in [-0.2, -0.15) is 0 Å². The zero-order chi connectivity index (χ0) is 10.7. The second-order valence-corrected chi connectivity index (χ2v) is 4.58. The lowest BCUT2D eigenvalue weighted by Crippen LogP contribution is -2.09. The molecule has 2 rings (SSSR count). The molecule has 1 aliphatic heterocycles. The van der Waals surface area contributed by atoms with Gasteiger partial charge >= 0.3 is 0 Å². The standard InChI is InChI=1S/C12H13Cl2N/c13-11-6-3-4-9(12(11)14)8-10-5-1-2-7-15-10/h3-4,6H,1-2,5,7-8H2. The van der Waals surface area contributed by atoms with Crippen LogP contribution in [0.5, 0.6) is 0 Å². The highest BCUT2D eigenvalue weighted by Gasteiger charge is 2.09. The topological polar surface area (TPSA) is 12.4 Å². The number of nitrogens with zero attached hydrogens (tertiary/aromatic N) is 1. The molecule has 0 atom stereocenters. The number of aliphatic imine (C=N–C) groups is 1. The Kier molecular flexibility index (Phi) is 3.66. The first-order valence-corrected chi connectivity index (χ1v) is 5.98. The van der Waals surface area contributed by atoms with Crippen LogP contribution in [0.4, 0.5) is 0 Å². The molecule has 1 heterocycles.